The molecule has 0 radical (unpaired) electrons. The number of rotatable bonds is 5. The smallest absolute Gasteiger partial charge is 0.282 e. The van der Waals surface area contributed by atoms with Crippen LogP contribution in [0.1, 0.15) is 18.1 Å². The molecule has 1 aliphatic heterocycles. The van der Waals surface area contributed by atoms with Crippen molar-refractivity contribution in [2.45, 2.75) is 13.8 Å². The van der Waals surface area contributed by atoms with E-state index in [9.17, 15) is 14.4 Å². The van der Waals surface area contributed by atoms with Crippen molar-refractivity contribution in [1.29, 1.82) is 0 Å². The highest BCUT2D eigenvalue weighted by Crippen LogP contribution is 2.34. The molecular weight excluding hydrogens is 426 g/mol. The molecule has 1 heterocycles. The van der Waals surface area contributed by atoms with Gasteiger partial charge in [0.25, 0.3) is 11.8 Å². The van der Waals surface area contributed by atoms with Gasteiger partial charge in [0.15, 0.2) is 0 Å². The lowest BCUT2D eigenvalue weighted by Crippen LogP contribution is -2.32. The van der Waals surface area contributed by atoms with E-state index in [1.807, 2.05) is 13.0 Å². The van der Waals surface area contributed by atoms with Gasteiger partial charge in [0.2, 0.25) is 5.91 Å². The third-order valence-electron chi connectivity index (χ3n) is 4.95. The fourth-order valence-corrected chi connectivity index (χ4v) is 3.64. The zero-order chi connectivity index (χ0) is 22.8. The summed E-state index contributed by atoms with van der Waals surface area (Å²) in [7, 11) is 0. The summed E-state index contributed by atoms with van der Waals surface area (Å²) < 4.78 is 0. The molecule has 0 saturated carbocycles. The van der Waals surface area contributed by atoms with Crippen LogP contribution in [0.4, 0.5) is 17.1 Å². The topological polar surface area (TPSA) is 78.5 Å². The summed E-state index contributed by atoms with van der Waals surface area (Å²) in [5, 5.41) is 6.33. The molecule has 7 heteroatoms. The number of amides is 3. The maximum absolute atomic E-state index is 13.4. The molecule has 4 rings (SSSR count). The Bertz CT molecular complexity index is 1250. The number of nitrogens with zero attached hydrogens (tertiary/aromatic N) is 1. The van der Waals surface area contributed by atoms with Crippen LogP contribution in [-0.2, 0) is 14.4 Å². The van der Waals surface area contributed by atoms with Crippen molar-refractivity contribution in [3.8, 4) is 0 Å². The average Bonchev–Trinajstić information content (AvgIpc) is 2.99. The fourth-order valence-electron chi connectivity index (χ4n) is 3.52. The van der Waals surface area contributed by atoms with Crippen molar-refractivity contribution in [3.05, 3.63) is 94.6 Å². The number of benzene rings is 3. The number of hydrogen-bond acceptors (Lipinski definition) is 4. The van der Waals surface area contributed by atoms with Crippen molar-refractivity contribution in [1.82, 2.24) is 0 Å². The van der Waals surface area contributed by atoms with Crippen LogP contribution >= 0.6 is 11.6 Å². The van der Waals surface area contributed by atoms with E-state index >= 15 is 0 Å². The summed E-state index contributed by atoms with van der Waals surface area (Å²) in [5.41, 5.74) is 3.69. The Kier molecular flexibility index (Phi) is 5.79. The summed E-state index contributed by atoms with van der Waals surface area (Å²) in [6, 6.07) is 20.9. The van der Waals surface area contributed by atoms with Crippen LogP contribution in [0.25, 0.3) is 5.57 Å². The summed E-state index contributed by atoms with van der Waals surface area (Å²) >= 11 is 6.02. The second kappa shape index (κ2) is 8.69. The fraction of sp³-hybridized carbons (Fsp3) is 0.0800. The molecule has 0 bridgehead atoms. The molecule has 0 atom stereocenters. The Labute approximate surface area is 190 Å². The lowest BCUT2D eigenvalue weighted by atomic mass is 10.0. The van der Waals surface area contributed by atoms with Crippen LogP contribution in [0.3, 0.4) is 0 Å². The molecular formula is C25H20ClN3O3. The summed E-state index contributed by atoms with van der Waals surface area (Å²) in [4.78, 5) is 39.2. The Hall–Kier alpha value is -3.90. The molecule has 3 aromatic rings. The Morgan fingerprint density at radius 3 is 2.16 bits per heavy atom. The standard InChI is InChI=1S/C25H20ClN3O3/c1-15-4-3-5-21(14-15)29-24(31)22(17-6-8-18(26)9-7-17)23(25(29)32)28-20-12-10-19(11-13-20)27-16(2)30/h3-14,28H,1-2H3,(H,27,30). The van der Waals surface area contributed by atoms with Crippen LogP contribution in [0.5, 0.6) is 0 Å². The zero-order valence-corrected chi connectivity index (χ0v) is 18.2. The Morgan fingerprint density at radius 1 is 0.875 bits per heavy atom. The molecule has 0 spiro atoms. The third kappa shape index (κ3) is 4.26. The number of hydrogen-bond donors (Lipinski definition) is 2. The van der Waals surface area contributed by atoms with Crippen LogP contribution in [-0.4, -0.2) is 17.7 Å². The van der Waals surface area contributed by atoms with Crippen LogP contribution < -0.4 is 15.5 Å². The first-order chi connectivity index (χ1) is 15.3. The lowest BCUT2D eigenvalue weighted by molar-refractivity contribution is -0.120. The molecule has 3 aromatic carbocycles. The molecule has 1 aliphatic rings. The largest absolute Gasteiger partial charge is 0.350 e. The van der Waals surface area contributed by atoms with E-state index in [1.54, 1.807) is 66.7 Å². The van der Waals surface area contributed by atoms with Gasteiger partial charge in [-0.05, 0) is 66.6 Å². The Morgan fingerprint density at radius 2 is 1.53 bits per heavy atom. The van der Waals surface area contributed by atoms with E-state index in [4.69, 9.17) is 11.6 Å². The van der Waals surface area contributed by atoms with Gasteiger partial charge in [0, 0.05) is 23.3 Å². The third-order valence-corrected chi connectivity index (χ3v) is 5.20. The highest BCUT2D eigenvalue weighted by Gasteiger charge is 2.40. The van der Waals surface area contributed by atoms with Crippen LogP contribution in [0.15, 0.2) is 78.5 Å². The van der Waals surface area contributed by atoms with Gasteiger partial charge in [0.05, 0.1) is 11.3 Å². The number of imide groups is 1. The van der Waals surface area contributed by atoms with E-state index in [0.29, 0.717) is 27.6 Å². The predicted octanol–water partition coefficient (Wildman–Crippen LogP) is 5.00. The van der Waals surface area contributed by atoms with E-state index in [2.05, 4.69) is 10.6 Å². The van der Waals surface area contributed by atoms with E-state index in [0.717, 1.165) is 5.56 Å². The molecule has 0 aliphatic carbocycles. The van der Waals surface area contributed by atoms with Gasteiger partial charge in [-0.15, -0.1) is 0 Å². The van der Waals surface area contributed by atoms with Gasteiger partial charge in [-0.1, -0.05) is 35.9 Å². The summed E-state index contributed by atoms with van der Waals surface area (Å²) in [6.07, 6.45) is 0. The number of anilines is 3. The molecule has 0 aromatic heterocycles. The minimum absolute atomic E-state index is 0.172. The van der Waals surface area contributed by atoms with Gasteiger partial charge in [-0.25, -0.2) is 4.90 Å². The SMILES string of the molecule is CC(=O)Nc1ccc(NC2=C(c3ccc(Cl)cc3)C(=O)N(c3cccc(C)c3)C2=O)cc1. The van der Waals surface area contributed by atoms with Crippen molar-refractivity contribution in [2.24, 2.45) is 0 Å². The molecule has 32 heavy (non-hydrogen) atoms. The van der Waals surface area contributed by atoms with Crippen molar-refractivity contribution < 1.29 is 14.4 Å². The summed E-state index contributed by atoms with van der Waals surface area (Å²) in [6.45, 7) is 3.33. The van der Waals surface area contributed by atoms with Crippen molar-refractivity contribution in [3.63, 3.8) is 0 Å². The van der Waals surface area contributed by atoms with Gasteiger partial charge in [-0.2, -0.15) is 0 Å². The first-order valence-corrected chi connectivity index (χ1v) is 10.3. The Balaban J connectivity index is 1.75. The maximum atomic E-state index is 13.4. The average molecular weight is 446 g/mol. The van der Waals surface area contributed by atoms with E-state index < -0.39 is 11.8 Å². The predicted molar refractivity (Wildman–Crippen MR) is 126 cm³/mol. The molecule has 160 valence electrons. The first kappa shape index (κ1) is 21.3. The number of aryl methyl sites for hydroxylation is 1. The minimum atomic E-state index is -0.448. The van der Waals surface area contributed by atoms with Gasteiger partial charge < -0.3 is 10.6 Å². The van der Waals surface area contributed by atoms with Crippen LogP contribution in [0.2, 0.25) is 5.02 Å². The number of carbonyl (C=O) groups is 3. The second-order valence-electron chi connectivity index (χ2n) is 7.43. The van der Waals surface area contributed by atoms with Crippen molar-refractivity contribution in [2.75, 3.05) is 15.5 Å². The monoisotopic (exact) mass is 445 g/mol. The zero-order valence-electron chi connectivity index (χ0n) is 17.5. The quantitative estimate of drug-likeness (QED) is 0.541. The summed E-state index contributed by atoms with van der Waals surface area (Å²) in [5.74, 6) is -1.04. The second-order valence-corrected chi connectivity index (χ2v) is 7.86. The van der Waals surface area contributed by atoms with Gasteiger partial charge >= 0.3 is 0 Å². The molecule has 6 nitrogen and oxygen atoms in total. The highest BCUT2D eigenvalue weighted by molar-refractivity contribution is 6.46. The normalized spacial score (nSPS) is 13.5. The van der Waals surface area contributed by atoms with Gasteiger partial charge in [0.1, 0.15) is 5.70 Å². The van der Waals surface area contributed by atoms with Gasteiger partial charge in [-0.3, -0.25) is 14.4 Å². The van der Waals surface area contributed by atoms with E-state index in [1.165, 1.54) is 11.8 Å². The lowest BCUT2D eigenvalue weighted by Gasteiger charge is -2.16. The van der Waals surface area contributed by atoms with E-state index in [-0.39, 0.29) is 17.2 Å². The minimum Gasteiger partial charge on any atom is -0.350 e. The van der Waals surface area contributed by atoms with Crippen molar-refractivity contribution >= 4 is 52.0 Å². The molecule has 3 amide bonds. The molecule has 0 saturated heterocycles. The van der Waals surface area contributed by atoms with Crippen LogP contribution in [0, 0.1) is 6.92 Å². The molecule has 0 unspecified atom stereocenters. The maximum Gasteiger partial charge on any atom is 0.282 e. The number of halogens is 1. The highest BCUT2D eigenvalue weighted by atomic mass is 35.5. The number of nitrogens with one attached hydrogen (secondary N) is 2. The number of carbonyl (C=O) groups excluding carboxylic acids is 3. The first-order valence-electron chi connectivity index (χ1n) is 9.94. The molecule has 2 N–H and O–H groups in total. The molecule has 0 fully saturated rings.